The van der Waals surface area contributed by atoms with E-state index in [1.54, 1.807) is 0 Å². The van der Waals surface area contributed by atoms with E-state index in [2.05, 4.69) is 0 Å². The van der Waals surface area contributed by atoms with Crippen LogP contribution in [0.15, 0.2) is 0 Å². The molecule has 0 aromatic carbocycles. The minimum atomic E-state index is 0. The molecule has 0 atom stereocenters. The Kier molecular flexibility index (Phi) is 6830. The van der Waals surface area contributed by atoms with E-state index in [-0.39, 0.29) is 49.1 Å². The largest absolute Gasteiger partial charge is 0.213 e. The normalized spacial score (nSPS) is 0.923. The molecule has 13 heavy (non-hydrogen) atoms. The molecule has 0 heterocycles. The van der Waals surface area contributed by atoms with Crippen LogP contribution in [0.2, 0.25) is 0 Å². The van der Waals surface area contributed by atoms with Crippen LogP contribution in [0.4, 0.5) is 0 Å². The Hall–Kier alpha value is -1.47. The molecule has 0 rings (SSSR count). The summed E-state index contributed by atoms with van der Waals surface area (Å²) in [5, 5.41) is 24.0. The Bertz CT molecular complexity index is 55.1. The van der Waals surface area contributed by atoms with Crippen molar-refractivity contribution in [2.45, 2.75) is 29.7 Å². The predicted octanol–water partition coefficient (Wildman–Crippen LogP) is 4.29. The molecule has 90 valence electrons. The Morgan fingerprint density at radius 2 is 0.538 bits per heavy atom. The number of hydrogen-bond acceptors (Lipinski definition) is 8. The summed E-state index contributed by atoms with van der Waals surface area (Å²) in [7, 11) is 0. The third-order valence-corrected chi connectivity index (χ3v) is 0. The minimum absolute atomic E-state index is 0. The van der Waals surface area contributed by atoms with Crippen molar-refractivity contribution in [3.05, 3.63) is 0 Å². The molecule has 0 unspecified atom stereocenters. The van der Waals surface area contributed by atoms with E-state index < -0.39 is 0 Å². The first kappa shape index (κ1) is 199. The average Bonchev–Trinajstić information content (AvgIpc) is 2.03. The molecule has 8 nitrogen and oxygen atoms in total. The van der Waals surface area contributed by atoms with Crippen LogP contribution in [0.3, 0.4) is 0 Å². The number of nitrogens with one attached hydrogen (secondary N) is 4. The Morgan fingerprint density at radius 3 is 0.538 bits per heavy atom. The first-order valence-electron chi connectivity index (χ1n) is 0.900. The van der Waals surface area contributed by atoms with Crippen LogP contribution < -0.4 is 0 Å². The Labute approximate surface area is 93.4 Å². The molecule has 0 saturated heterocycles. The molecule has 0 amide bonds. The molecular weight excluding hydrogens is 219 g/mol. The van der Waals surface area contributed by atoms with Crippen molar-refractivity contribution in [3.8, 4) is 0 Å². The fraction of sp³-hybridized carbons (Fsp3) is 1.00. The van der Waals surface area contributed by atoms with Crippen LogP contribution in [0.25, 0.3) is 0 Å². The van der Waals surface area contributed by atoms with Crippen molar-refractivity contribution in [1.82, 2.24) is 0 Å². The molecule has 0 bridgehead atoms. The monoisotopic (exact) mass is 242 g/mol. The predicted molar refractivity (Wildman–Crippen MR) is 48.9 cm³/mol. The molecule has 9 heteroatoms. The summed E-state index contributed by atoms with van der Waals surface area (Å²) in [6, 6.07) is 0. The Balaban J connectivity index is -0.00000000137. The summed E-state index contributed by atoms with van der Waals surface area (Å²) < 4.78 is 0. The topological polar surface area (TPSA) is 191 Å². The van der Waals surface area contributed by atoms with Gasteiger partial charge in [0, 0.05) is 40.9 Å². The molecule has 0 aromatic rings. The maximum atomic E-state index is 6.00. The third-order valence-electron chi connectivity index (χ3n) is 0. The SMILES string of the molecule is C.C.C.C.N#N.N#N.N=N.N=N.[HH].[HH].[Ni]. The van der Waals surface area contributed by atoms with Gasteiger partial charge in [-0.1, -0.05) is 29.7 Å². The Morgan fingerprint density at radius 1 is 0.538 bits per heavy atom. The molecule has 0 aliphatic heterocycles. The van der Waals surface area contributed by atoms with Gasteiger partial charge in [-0.25, -0.2) is 22.1 Å². The first-order valence-corrected chi connectivity index (χ1v) is 0.900. The van der Waals surface area contributed by atoms with Crippen molar-refractivity contribution in [2.24, 2.45) is 0 Å². The van der Waals surface area contributed by atoms with Gasteiger partial charge in [0.1, 0.15) is 0 Å². The number of hydrogen-bond donors (Lipinski definition) is 4. The second kappa shape index (κ2) is 445. The van der Waals surface area contributed by atoms with Gasteiger partial charge < -0.3 is 0 Å². The van der Waals surface area contributed by atoms with Crippen LogP contribution >= 0.6 is 0 Å². The van der Waals surface area contributed by atoms with Crippen LogP contribution in [-0.2, 0) is 16.5 Å². The van der Waals surface area contributed by atoms with Gasteiger partial charge >= 0.3 is 0 Å². The van der Waals surface area contributed by atoms with E-state index in [0.29, 0.717) is 0 Å². The maximum absolute atomic E-state index is 6.00. The molecule has 0 aliphatic rings. The van der Waals surface area contributed by atoms with Gasteiger partial charge in [0.2, 0.25) is 0 Å². The van der Waals surface area contributed by atoms with E-state index in [4.69, 9.17) is 43.7 Å². The molecule has 0 saturated carbocycles. The zero-order chi connectivity index (χ0) is 8.00. The minimum Gasteiger partial charge on any atom is -0.213 e. The van der Waals surface area contributed by atoms with Crippen LogP contribution in [0, 0.1) is 43.7 Å². The van der Waals surface area contributed by atoms with E-state index >= 15 is 0 Å². The molecule has 4 N–H and O–H groups in total. The van der Waals surface area contributed by atoms with Crippen molar-refractivity contribution >= 4 is 0 Å². The van der Waals surface area contributed by atoms with Crippen molar-refractivity contribution in [2.75, 3.05) is 0 Å². The summed E-state index contributed by atoms with van der Waals surface area (Å²) in [6.07, 6.45) is 0. The number of nitrogens with zero attached hydrogens (tertiary/aromatic N) is 4. The summed E-state index contributed by atoms with van der Waals surface area (Å²) in [5.41, 5.74) is 20.0. The van der Waals surface area contributed by atoms with Crippen LogP contribution in [0.5, 0.6) is 0 Å². The summed E-state index contributed by atoms with van der Waals surface area (Å²) in [5.74, 6) is 0. The zero-order valence-corrected chi connectivity index (χ0v) is 5.09. The fourth-order valence-corrected chi connectivity index (χ4v) is 0. The quantitative estimate of drug-likeness (QED) is 0.280. The number of rotatable bonds is 0. The summed E-state index contributed by atoms with van der Waals surface area (Å²) in [4.78, 5) is 0. The van der Waals surface area contributed by atoms with Gasteiger partial charge in [-0.3, -0.25) is 0 Å². The molecular formula is C4H24N8Ni. The van der Waals surface area contributed by atoms with E-state index in [1.807, 2.05) is 0 Å². The summed E-state index contributed by atoms with van der Waals surface area (Å²) >= 11 is 0. The zero-order valence-electron chi connectivity index (χ0n) is 4.11. The maximum Gasteiger partial charge on any atom is 0 e. The van der Waals surface area contributed by atoms with E-state index in [0.717, 1.165) is 0 Å². The van der Waals surface area contributed by atoms with Gasteiger partial charge in [0.05, 0.1) is 0 Å². The second-order valence-corrected chi connectivity index (χ2v) is 0. The van der Waals surface area contributed by atoms with Crippen molar-refractivity contribution in [3.63, 3.8) is 0 Å². The first-order chi connectivity index (χ1) is 4.00. The van der Waals surface area contributed by atoms with Gasteiger partial charge in [-0.2, -0.15) is 0 Å². The standard InChI is InChI=1S/4CH4.2H2N2.2N2.Ni.2H2/c;;;;4*1-2;;;/h4*1H4;2*1-2H;;;;2*1H. The van der Waals surface area contributed by atoms with Crippen molar-refractivity contribution in [1.29, 1.82) is 43.7 Å². The van der Waals surface area contributed by atoms with Crippen molar-refractivity contribution < 1.29 is 19.3 Å². The molecule has 0 radical (unpaired) electrons. The van der Waals surface area contributed by atoms with Crippen LogP contribution in [-0.4, -0.2) is 0 Å². The van der Waals surface area contributed by atoms with Crippen LogP contribution in [0.1, 0.15) is 32.6 Å². The second-order valence-electron chi connectivity index (χ2n) is 0. The fourth-order valence-electron chi connectivity index (χ4n) is 0. The van der Waals surface area contributed by atoms with Gasteiger partial charge in [-0.05, 0) is 0 Å². The van der Waals surface area contributed by atoms with Gasteiger partial charge in [-0.15, -0.1) is 0 Å². The third kappa shape index (κ3) is 357. The van der Waals surface area contributed by atoms with Gasteiger partial charge in [0.15, 0.2) is 0 Å². The summed E-state index contributed by atoms with van der Waals surface area (Å²) in [6.45, 7) is 0. The van der Waals surface area contributed by atoms with E-state index in [1.165, 1.54) is 0 Å². The molecule has 0 aromatic heterocycles. The average molecular weight is 243 g/mol. The molecule has 0 aliphatic carbocycles. The molecule has 0 fully saturated rings. The van der Waals surface area contributed by atoms with E-state index in [9.17, 15) is 0 Å². The smallest absolute Gasteiger partial charge is 0 e. The molecule has 0 spiro atoms. The van der Waals surface area contributed by atoms with Gasteiger partial charge in [0.25, 0.3) is 0 Å².